The number of piperazine rings is 1. The van der Waals surface area contributed by atoms with E-state index in [9.17, 15) is 4.39 Å². The number of aromatic nitrogens is 2. The molecule has 0 bridgehead atoms. The van der Waals surface area contributed by atoms with Crippen molar-refractivity contribution >= 4 is 28.9 Å². The molecule has 226 valence electrons. The number of aliphatic imine (C=N–C) groups is 1. The van der Waals surface area contributed by atoms with Gasteiger partial charge in [0, 0.05) is 64.8 Å². The number of nitrogens with zero attached hydrogens (tertiary/aromatic N) is 5. The van der Waals surface area contributed by atoms with E-state index in [1.54, 1.807) is 18.3 Å². The van der Waals surface area contributed by atoms with Gasteiger partial charge >= 0.3 is 0 Å². The summed E-state index contributed by atoms with van der Waals surface area (Å²) < 4.78 is 14.8. The molecule has 2 saturated heterocycles. The summed E-state index contributed by atoms with van der Waals surface area (Å²) in [6, 6.07) is 21.1. The molecule has 3 aromatic carbocycles. The van der Waals surface area contributed by atoms with Crippen molar-refractivity contribution in [3.63, 3.8) is 0 Å². The molecule has 0 amide bonds. The topological polar surface area (TPSA) is 68.7 Å². The van der Waals surface area contributed by atoms with E-state index < -0.39 is 0 Å². The van der Waals surface area contributed by atoms with Crippen LogP contribution in [0.4, 0.5) is 16.0 Å². The summed E-state index contributed by atoms with van der Waals surface area (Å²) in [5.41, 5.74) is 6.43. The zero-order chi connectivity index (χ0) is 29.9. The number of halogens is 2. The van der Waals surface area contributed by atoms with E-state index >= 15 is 0 Å². The van der Waals surface area contributed by atoms with Crippen LogP contribution in [0.1, 0.15) is 47.6 Å². The third kappa shape index (κ3) is 6.40. The Balaban J connectivity index is 1.05. The largest absolute Gasteiger partial charge is 0.324 e. The Morgan fingerprint density at radius 1 is 0.909 bits per heavy atom. The predicted octanol–water partition coefficient (Wildman–Crippen LogP) is 6.46. The van der Waals surface area contributed by atoms with E-state index in [2.05, 4.69) is 49.7 Å². The van der Waals surface area contributed by atoms with Gasteiger partial charge in [-0.2, -0.15) is 0 Å². The van der Waals surface area contributed by atoms with Crippen molar-refractivity contribution in [3.05, 3.63) is 106 Å². The number of hydrogen-bond acceptors (Lipinski definition) is 7. The maximum absolute atomic E-state index is 14.8. The van der Waals surface area contributed by atoms with E-state index in [4.69, 9.17) is 21.6 Å². The van der Waals surface area contributed by atoms with Crippen LogP contribution >= 0.6 is 11.6 Å². The molecule has 0 aliphatic carbocycles. The van der Waals surface area contributed by atoms with E-state index in [-0.39, 0.29) is 5.82 Å². The smallest absolute Gasteiger partial charge is 0.227 e. The first kappa shape index (κ1) is 29.0. The van der Waals surface area contributed by atoms with Crippen molar-refractivity contribution in [3.8, 4) is 11.3 Å². The van der Waals surface area contributed by atoms with Crippen molar-refractivity contribution in [1.29, 1.82) is 0 Å². The van der Waals surface area contributed by atoms with E-state index in [0.717, 1.165) is 54.3 Å². The molecule has 0 spiro atoms. The van der Waals surface area contributed by atoms with Gasteiger partial charge in [0.25, 0.3) is 0 Å². The first-order valence-corrected chi connectivity index (χ1v) is 16.0. The summed E-state index contributed by atoms with van der Waals surface area (Å²) >= 11 is 6.41. The molecule has 1 atom stereocenters. The van der Waals surface area contributed by atoms with Gasteiger partial charge in [-0.05, 0) is 87.4 Å². The van der Waals surface area contributed by atoms with Crippen LogP contribution in [0, 0.1) is 5.82 Å². The summed E-state index contributed by atoms with van der Waals surface area (Å²) in [6.07, 6.45) is 5.75. The molecule has 0 radical (unpaired) electrons. The molecule has 1 unspecified atom stereocenters. The number of anilines is 2. The Hall–Kier alpha value is -3.69. The molecule has 7 rings (SSSR count). The fraction of sp³-hybridized carbons (Fsp3) is 0.343. The van der Waals surface area contributed by atoms with Crippen molar-refractivity contribution in [1.82, 2.24) is 25.1 Å². The lowest BCUT2D eigenvalue weighted by Gasteiger charge is -2.34. The lowest BCUT2D eigenvalue weighted by molar-refractivity contribution is 0.189. The third-order valence-electron chi connectivity index (χ3n) is 8.87. The molecule has 3 aliphatic heterocycles. The highest BCUT2D eigenvalue weighted by atomic mass is 35.5. The molecule has 9 heteroatoms. The molecule has 4 aromatic rings. The Morgan fingerprint density at radius 2 is 1.73 bits per heavy atom. The number of benzene rings is 3. The minimum atomic E-state index is -0.325. The first-order valence-electron chi connectivity index (χ1n) is 15.6. The van der Waals surface area contributed by atoms with Crippen molar-refractivity contribution in [2.24, 2.45) is 4.99 Å². The molecule has 2 fully saturated rings. The molecule has 1 aromatic heterocycles. The maximum atomic E-state index is 14.8. The second-order valence-corrected chi connectivity index (χ2v) is 12.3. The summed E-state index contributed by atoms with van der Waals surface area (Å²) in [6.45, 7) is 8.40. The fourth-order valence-corrected chi connectivity index (χ4v) is 6.73. The minimum Gasteiger partial charge on any atom is -0.324 e. The molecule has 7 nitrogen and oxygen atoms in total. The maximum Gasteiger partial charge on any atom is 0.227 e. The Bertz CT molecular complexity index is 1650. The SMILES string of the molecule is Fc1ccccc1C1=NCc2cnc(Nc3ccc(C4CN(CCCN5CCCC5)CCN4)cc3)nc2-c2ccc(Cl)cc21. The van der Waals surface area contributed by atoms with Gasteiger partial charge in [-0.25, -0.2) is 14.4 Å². The van der Waals surface area contributed by atoms with Gasteiger partial charge in [0.2, 0.25) is 5.95 Å². The summed E-state index contributed by atoms with van der Waals surface area (Å²) in [7, 11) is 0. The van der Waals surface area contributed by atoms with Crippen LogP contribution in [-0.4, -0.2) is 71.3 Å². The number of hydrogen-bond donors (Lipinski definition) is 2. The van der Waals surface area contributed by atoms with Crippen LogP contribution in [0.5, 0.6) is 0 Å². The van der Waals surface area contributed by atoms with Gasteiger partial charge in [-0.15, -0.1) is 0 Å². The number of rotatable bonds is 8. The molecule has 44 heavy (non-hydrogen) atoms. The zero-order valence-corrected chi connectivity index (χ0v) is 25.5. The lowest BCUT2D eigenvalue weighted by Crippen LogP contribution is -2.46. The Labute approximate surface area is 263 Å². The summed E-state index contributed by atoms with van der Waals surface area (Å²) in [5, 5.41) is 7.64. The Morgan fingerprint density at radius 3 is 2.57 bits per heavy atom. The lowest BCUT2D eigenvalue weighted by atomic mass is 9.95. The molecule has 4 heterocycles. The van der Waals surface area contributed by atoms with Crippen LogP contribution in [0.2, 0.25) is 5.02 Å². The molecule has 3 aliphatic rings. The second-order valence-electron chi connectivity index (χ2n) is 11.9. The van der Waals surface area contributed by atoms with Crippen molar-refractivity contribution in [2.75, 3.05) is 51.1 Å². The summed E-state index contributed by atoms with van der Waals surface area (Å²) in [5.74, 6) is 0.167. The van der Waals surface area contributed by atoms with Crippen LogP contribution in [0.3, 0.4) is 0 Å². The Kier molecular flexibility index (Phi) is 8.66. The van der Waals surface area contributed by atoms with Gasteiger partial charge in [0.15, 0.2) is 0 Å². The van der Waals surface area contributed by atoms with Gasteiger partial charge in [-0.3, -0.25) is 4.99 Å². The highest BCUT2D eigenvalue weighted by Gasteiger charge is 2.24. The van der Waals surface area contributed by atoms with Crippen LogP contribution in [0.25, 0.3) is 11.3 Å². The van der Waals surface area contributed by atoms with E-state index in [0.29, 0.717) is 34.8 Å². The van der Waals surface area contributed by atoms with Crippen molar-refractivity contribution < 1.29 is 4.39 Å². The first-order chi connectivity index (χ1) is 21.6. The monoisotopic (exact) mass is 609 g/mol. The molecular formula is C35H37ClFN7. The van der Waals surface area contributed by atoms with Crippen molar-refractivity contribution in [2.45, 2.75) is 31.8 Å². The fourth-order valence-electron chi connectivity index (χ4n) is 6.56. The molecule has 0 saturated carbocycles. The van der Waals surface area contributed by atoms with Gasteiger partial charge in [0.1, 0.15) is 5.82 Å². The normalized spacial score (nSPS) is 18.8. The molecular weight excluding hydrogens is 573 g/mol. The number of fused-ring (bicyclic) bond motifs is 3. The molecule has 2 N–H and O–H groups in total. The van der Waals surface area contributed by atoms with Crippen LogP contribution < -0.4 is 10.6 Å². The average Bonchev–Trinajstić information content (AvgIpc) is 3.51. The highest BCUT2D eigenvalue weighted by Crippen LogP contribution is 2.34. The summed E-state index contributed by atoms with van der Waals surface area (Å²) in [4.78, 5) is 19.5. The van der Waals surface area contributed by atoms with Crippen LogP contribution in [-0.2, 0) is 6.54 Å². The quantitative estimate of drug-likeness (QED) is 0.239. The van der Waals surface area contributed by atoms with Crippen LogP contribution in [0.15, 0.2) is 77.9 Å². The average molecular weight is 610 g/mol. The van der Waals surface area contributed by atoms with E-state index in [1.165, 1.54) is 50.5 Å². The van der Waals surface area contributed by atoms with Gasteiger partial charge in [0.05, 0.1) is 18.0 Å². The minimum absolute atomic E-state index is 0.320. The van der Waals surface area contributed by atoms with E-state index in [1.807, 2.05) is 24.3 Å². The highest BCUT2D eigenvalue weighted by molar-refractivity contribution is 6.31. The van der Waals surface area contributed by atoms with Gasteiger partial charge in [-0.1, -0.05) is 41.9 Å². The second kappa shape index (κ2) is 13.1. The third-order valence-corrected chi connectivity index (χ3v) is 9.10. The van der Waals surface area contributed by atoms with Gasteiger partial charge < -0.3 is 20.4 Å². The zero-order valence-electron chi connectivity index (χ0n) is 24.8. The number of nitrogens with one attached hydrogen (secondary N) is 2. The number of likely N-dealkylation sites (tertiary alicyclic amines) is 1. The standard InChI is InChI=1S/C35H37ClFN7/c36-26-10-13-28-30(20-26)34(29-6-1-2-7-31(29)37)39-21-25-22-40-35(42-33(25)28)41-27-11-8-24(9-12-27)32-23-44(19-14-38-32)18-5-17-43-15-3-4-16-43/h1-2,6-13,20,22,32,38H,3-5,14-19,21,23H2,(H,40,41,42). The predicted molar refractivity (Wildman–Crippen MR) is 175 cm³/mol.